The first-order valence-corrected chi connectivity index (χ1v) is 9.63. The maximum atomic E-state index is 14.3. The van der Waals surface area contributed by atoms with Crippen LogP contribution in [0.3, 0.4) is 0 Å². The summed E-state index contributed by atoms with van der Waals surface area (Å²) in [5, 5.41) is -0.368. The molecule has 0 spiro atoms. The van der Waals surface area contributed by atoms with E-state index >= 15 is 0 Å². The van der Waals surface area contributed by atoms with E-state index in [-0.39, 0.29) is 16.7 Å². The molecule has 2 aromatic carbocycles. The van der Waals surface area contributed by atoms with E-state index < -0.39 is 15.8 Å². The number of ether oxygens (including phenoxy) is 2. The molecule has 7 heteroatoms. The topological polar surface area (TPSA) is 64.6 Å². The van der Waals surface area contributed by atoms with E-state index in [4.69, 9.17) is 9.47 Å². The van der Waals surface area contributed by atoms with E-state index in [9.17, 15) is 12.8 Å². The quantitative estimate of drug-likeness (QED) is 0.802. The van der Waals surface area contributed by atoms with Crippen molar-refractivity contribution in [2.75, 3.05) is 11.8 Å². The molecule has 1 saturated carbocycles. The Morgan fingerprint density at radius 2 is 1.84 bits per heavy atom. The molecule has 1 aliphatic carbocycles. The van der Waals surface area contributed by atoms with Crippen molar-refractivity contribution in [3.8, 4) is 17.2 Å². The summed E-state index contributed by atoms with van der Waals surface area (Å²) in [7, 11) is -1.90. The molecule has 1 N–H and O–H groups in total. The van der Waals surface area contributed by atoms with Crippen LogP contribution in [0.5, 0.6) is 17.2 Å². The van der Waals surface area contributed by atoms with Crippen molar-refractivity contribution < 1.29 is 22.3 Å². The first kappa shape index (κ1) is 17.5. The third kappa shape index (κ3) is 4.04. The molecule has 134 valence electrons. The van der Waals surface area contributed by atoms with Crippen molar-refractivity contribution in [2.24, 2.45) is 0 Å². The lowest BCUT2D eigenvalue weighted by Gasteiger charge is -2.13. The van der Waals surface area contributed by atoms with Crippen LogP contribution in [0.4, 0.5) is 10.1 Å². The van der Waals surface area contributed by atoms with Gasteiger partial charge in [-0.2, -0.15) is 0 Å². The third-order valence-corrected chi connectivity index (χ3v) is 5.88. The lowest BCUT2D eigenvalue weighted by Crippen LogP contribution is -2.17. The van der Waals surface area contributed by atoms with Crippen molar-refractivity contribution in [3.05, 3.63) is 47.8 Å². The van der Waals surface area contributed by atoms with E-state index in [1.165, 1.54) is 19.2 Å². The Hall–Kier alpha value is -2.28. The minimum absolute atomic E-state index is 0.00285. The van der Waals surface area contributed by atoms with Crippen LogP contribution < -0.4 is 14.2 Å². The monoisotopic (exact) mass is 365 g/mol. The number of aryl methyl sites for hydroxylation is 1. The average molecular weight is 365 g/mol. The van der Waals surface area contributed by atoms with Crippen LogP contribution in [-0.2, 0) is 16.4 Å². The van der Waals surface area contributed by atoms with Gasteiger partial charge in [0.05, 0.1) is 18.0 Å². The number of nitrogens with one attached hydrogen (secondary N) is 1. The van der Waals surface area contributed by atoms with Gasteiger partial charge in [0.2, 0.25) is 10.0 Å². The highest BCUT2D eigenvalue weighted by Crippen LogP contribution is 2.35. The maximum absolute atomic E-state index is 14.3. The van der Waals surface area contributed by atoms with Gasteiger partial charge in [-0.15, -0.1) is 0 Å². The van der Waals surface area contributed by atoms with Gasteiger partial charge in [-0.3, -0.25) is 4.72 Å². The molecule has 0 atom stereocenters. The molecule has 1 fully saturated rings. The fourth-order valence-corrected chi connectivity index (χ4v) is 3.79. The minimum Gasteiger partial charge on any atom is -0.493 e. The second kappa shape index (κ2) is 6.92. The zero-order valence-corrected chi connectivity index (χ0v) is 14.9. The number of benzene rings is 2. The van der Waals surface area contributed by atoms with Gasteiger partial charge in [-0.1, -0.05) is 13.0 Å². The molecular formula is C18H20FNO4S. The zero-order valence-electron chi connectivity index (χ0n) is 14.1. The first-order chi connectivity index (χ1) is 11.9. The molecular weight excluding hydrogens is 345 g/mol. The fourth-order valence-electron chi connectivity index (χ4n) is 2.41. The number of hydrogen-bond donors (Lipinski definition) is 1. The highest BCUT2D eigenvalue weighted by atomic mass is 32.2. The van der Waals surface area contributed by atoms with E-state index in [2.05, 4.69) is 4.72 Å². The molecule has 0 amide bonds. The standard InChI is InChI=1S/C18H20FNO4S/c1-3-12-4-8-17(18(10-12)23-2)24-16-9-5-13(11-15(16)19)20-25(21,22)14-6-7-14/h4-5,8-11,14,20H,3,6-7H2,1-2H3. The lowest BCUT2D eigenvalue weighted by atomic mass is 10.1. The first-order valence-electron chi connectivity index (χ1n) is 8.09. The number of halogens is 1. The van der Waals surface area contributed by atoms with Gasteiger partial charge in [0.25, 0.3) is 0 Å². The second-order valence-corrected chi connectivity index (χ2v) is 7.89. The normalized spacial score (nSPS) is 14.2. The predicted molar refractivity (Wildman–Crippen MR) is 94.4 cm³/mol. The molecule has 0 aromatic heterocycles. The summed E-state index contributed by atoms with van der Waals surface area (Å²) in [6.45, 7) is 2.02. The Balaban J connectivity index is 1.80. The van der Waals surface area contributed by atoms with Crippen LogP contribution in [0.25, 0.3) is 0 Å². The Bertz CT molecular complexity index is 879. The molecule has 3 rings (SSSR count). The summed E-state index contributed by atoms with van der Waals surface area (Å²) in [6.07, 6.45) is 2.14. The molecule has 5 nitrogen and oxygen atoms in total. The third-order valence-electron chi connectivity index (χ3n) is 4.01. The summed E-state index contributed by atoms with van der Waals surface area (Å²) < 4.78 is 51.4. The van der Waals surface area contributed by atoms with Crippen molar-refractivity contribution in [3.63, 3.8) is 0 Å². The maximum Gasteiger partial charge on any atom is 0.235 e. The van der Waals surface area contributed by atoms with Gasteiger partial charge < -0.3 is 9.47 Å². The van der Waals surface area contributed by atoms with Crippen LogP contribution >= 0.6 is 0 Å². The molecule has 0 saturated heterocycles. The summed E-state index contributed by atoms with van der Waals surface area (Å²) in [5.74, 6) is 0.247. The Labute approximate surface area is 146 Å². The minimum atomic E-state index is -3.42. The van der Waals surface area contributed by atoms with Crippen molar-refractivity contribution in [2.45, 2.75) is 31.4 Å². The SMILES string of the molecule is CCc1ccc(Oc2ccc(NS(=O)(=O)C3CC3)cc2F)c(OC)c1. The molecule has 2 aromatic rings. The molecule has 25 heavy (non-hydrogen) atoms. The predicted octanol–water partition coefficient (Wildman–Crippen LogP) is 4.09. The summed E-state index contributed by atoms with van der Waals surface area (Å²) >= 11 is 0. The number of rotatable bonds is 7. The van der Waals surface area contributed by atoms with E-state index in [0.29, 0.717) is 24.3 Å². The number of methoxy groups -OCH3 is 1. The fraction of sp³-hybridized carbons (Fsp3) is 0.333. The van der Waals surface area contributed by atoms with E-state index in [1.54, 1.807) is 6.07 Å². The Morgan fingerprint density at radius 3 is 2.44 bits per heavy atom. The van der Waals surface area contributed by atoms with Crippen molar-refractivity contribution in [1.82, 2.24) is 0 Å². The van der Waals surface area contributed by atoms with Crippen LogP contribution in [0, 0.1) is 5.82 Å². The number of sulfonamides is 1. The Kier molecular flexibility index (Phi) is 4.85. The largest absolute Gasteiger partial charge is 0.493 e. The van der Waals surface area contributed by atoms with Crippen LogP contribution in [-0.4, -0.2) is 20.8 Å². The summed E-state index contributed by atoms with van der Waals surface area (Å²) in [6, 6.07) is 9.43. The van der Waals surface area contributed by atoms with Gasteiger partial charge in [0.1, 0.15) is 0 Å². The molecule has 0 aliphatic heterocycles. The van der Waals surface area contributed by atoms with Gasteiger partial charge in [0, 0.05) is 6.07 Å². The van der Waals surface area contributed by atoms with Gasteiger partial charge >= 0.3 is 0 Å². The van der Waals surface area contributed by atoms with E-state index in [1.807, 2.05) is 19.1 Å². The molecule has 0 heterocycles. The summed E-state index contributed by atoms with van der Waals surface area (Å²) in [4.78, 5) is 0. The Morgan fingerprint density at radius 1 is 1.12 bits per heavy atom. The van der Waals surface area contributed by atoms with Crippen molar-refractivity contribution in [1.29, 1.82) is 0 Å². The van der Waals surface area contributed by atoms with Gasteiger partial charge in [-0.05, 0) is 49.1 Å². The highest BCUT2D eigenvalue weighted by molar-refractivity contribution is 7.93. The van der Waals surface area contributed by atoms with Crippen LogP contribution in [0.2, 0.25) is 0 Å². The van der Waals surface area contributed by atoms with Crippen LogP contribution in [0.1, 0.15) is 25.3 Å². The summed E-state index contributed by atoms with van der Waals surface area (Å²) in [5.41, 5.74) is 1.26. The van der Waals surface area contributed by atoms with Gasteiger partial charge in [0.15, 0.2) is 23.1 Å². The van der Waals surface area contributed by atoms with Crippen LogP contribution in [0.15, 0.2) is 36.4 Å². The van der Waals surface area contributed by atoms with Gasteiger partial charge in [-0.25, -0.2) is 12.8 Å². The molecule has 1 aliphatic rings. The number of hydrogen-bond acceptors (Lipinski definition) is 4. The smallest absolute Gasteiger partial charge is 0.235 e. The molecule has 0 bridgehead atoms. The van der Waals surface area contributed by atoms with Crippen molar-refractivity contribution >= 4 is 15.7 Å². The van der Waals surface area contributed by atoms with E-state index in [0.717, 1.165) is 18.1 Å². The lowest BCUT2D eigenvalue weighted by molar-refractivity contribution is 0.370. The molecule has 0 radical (unpaired) electrons. The number of anilines is 1. The molecule has 0 unspecified atom stereocenters. The average Bonchev–Trinajstić information content (AvgIpc) is 3.43. The zero-order chi connectivity index (χ0) is 18.0. The highest BCUT2D eigenvalue weighted by Gasteiger charge is 2.35. The second-order valence-electron chi connectivity index (χ2n) is 5.93.